The predicted octanol–water partition coefficient (Wildman–Crippen LogP) is 2.23. The summed E-state index contributed by atoms with van der Waals surface area (Å²) in [6.07, 6.45) is 3.39. The predicted molar refractivity (Wildman–Crippen MR) is 71.6 cm³/mol. The van der Waals surface area contributed by atoms with Gasteiger partial charge in [0, 0.05) is 31.5 Å². The number of hydrogen-bond acceptors (Lipinski definition) is 3. The van der Waals surface area contributed by atoms with Crippen LogP contribution in [0.15, 0.2) is 18.5 Å². The van der Waals surface area contributed by atoms with Crippen LogP contribution in [0.3, 0.4) is 0 Å². The van der Waals surface area contributed by atoms with Crippen molar-refractivity contribution < 1.29 is 0 Å². The molecule has 1 aromatic heterocycles. The SMILES string of the molecule is CC(C)N(CC(N)=S)Cc1ccncc1Cl. The lowest BCUT2D eigenvalue weighted by molar-refractivity contribution is 0.245. The van der Waals surface area contributed by atoms with Crippen LogP contribution in [-0.4, -0.2) is 27.5 Å². The van der Waals surface area contributed by atoms with Gasteiger partial charge in [-0.25, -0.2) is 0 Å². The van der Waals surface area contributed by atoms with E-state index in [1.807, 2.05) is 6.07 Å². The highest BCUT2D eigenvalue weighted by Crippen LogP contribution is 2.16. The van der Waals surface area contributed by atoms with E-state index in [4.69, 9.17) is 29.6 Å². The molecule has 0 aromatic carbocycles. The lowest BCUT2D eigenvalue weighted by Crippen LogP contribution is -2.37. The first-order valence-electron chi connectivity index (χ1n) is 5.11. The minimum Gasteiger partial charge on any atom is -0.392 e. The van der Waals surface area contributed by atoms with Crippen molar-refractivity contribution in [1.29, 1.82) is 0 Å². The van der Waals surface area contributed by atoms with Crippen LogP contribution in [0, 0.1) is 0 Å². The second kappa shape index (κ2) is 6.13. The first kappa shape index (κ1) is 13.4. The average molecular weight is 258 g/mol. The molecule has 1 aromatic rings. The molecule has 0 aliphatic heterocycles. The second-order valence-corrected chi connectivity index (χ2v) is 4.86. The van der Waals surface area contributed by atoms with Crippen LogP contribution < -0.4 is 5.73 Å². The van der Waals surface area contributed by atoms with Gasteiger partial charge in [-0.15, -0.1) is 0 Å². The Labute approximate surface area is 107 Å². The molecule has 5 heteroatoms. The zero-order valence-electron chi connectivity index (χ0n) is 9.48. The molecule has 0 bridgehead atoms. The van der Waals surface area contributed by atoms with Gasteiger partial charge in [0.25, 0.3) is 0 Å². The van der Waals surface area contributed by atoms with E-state index in [0.29, 0.717) is 22.6 Å². The summed E-state index contributed by atoms with van der Waals surface area (Å²) < 4.78 is 0. The van der Waals surface area contributed by atoms with E-state index in [-0.39, 0.29) is 0 Å². The first-order valence-corrected chi connectivity index (χ1v) is 5.90. The third kappa shape index (κ3) is 4.04. The number of hydrogen-bond donors (Lipinski definition) is 1. The monoisotopic (exact) mass is 257 g/mol. The molecule has 0 aliphatic rings. The van der Waals surface area contributed by atoms with Crippen molar-refractivity contribution in [3.8, 4) is 0 Å². The fourth-order valence-electron chi connectivity index (χ4n) is 1.37. The third-order valence-corrected chi connectivity index (χ3v) is 2.79. The molecular weight excluding hydrogens is 242 g/mol. The summed E-state index contributed by atoms with van der Waals surface area (Å²) in [4.78, 5) is 6.63. The molecule has 0 amide bonds. The van der Waals surface area contributed by atoms with Gasteiger partial charge in [0.05, 0.1) is 10.0 Å². The molecule has 0 aliphatic carbocycles. The van der Waals surface area contributed by atoms with Crippen molar-refractivity contribution in [2.75, 3.05) is 6.54 Å². The number of halogens is 1. The van der Waals surface area contributed by atoms with Crippen molar-refractivity contribution in [3.05, 3.63) is 29.0 Å². The number of aromatic nitrogens is 1. The van der Waals surface area contributed by atoms with E-state index in [0.717, 1.165) is 12.1 Å². The van der Waals surface area contributed by atoms with Crippen LogP contribution >= 0.6 is 23.8 Å². The fraction of sp³-hybridized carbons (Fsp3) is 0.455. The Hall–Kier alpha value is -0.710. The highest BCUT2D eigenvalue weighted by molar-refractivity contribution is 7.80. The van der Waals surface area contributed by atoms with E-state index in [1.165, 1.54) is 0 Å². The molecule has 1 heterocycles. The van der Waals surface area contributed by atoms with Crippen LogP contribution in [-0.2, 0) is 6.54 Å². The van der Waals surface area contributed by atoms with Crippen molar-refractivity contribution in [1.82, 2.24) is 9.88 Å². The highest BCUT2D eigenvalue weighted by Gasteiger charge is 2.12. The minimum absolute atomic E-state index is 0.366. The number of thiocarbonyl (C=S) groups is 1. The van der Waals surface area contributed by atoms with Gasteiger partial charge >= 0.3 is 0 Å². The fourth-order valence-corrected chi connectivity index (χ4v) is 1.72. The molecular formula is C11H16ClN3S. The third-order valence-electron chi connectivity index (χ3n) is 2.32. The molecule has 0 saturated heterocycles. The molecule has 0 radical (unpaired) electrons. The van der Waals surface area contributed by atoms with Crippen LogP contribution in [0.4, 0.5) is 0 Å². The first-order chi connectivity index (χ1) is 7.50. The summed E-state index contributed by atoms with van der Waals surface area (Å²) in [5, 5.41) is 0.677. The van der Waals surface area contributed by atoms with Gasteiger partial charge in [-0.05, 0) is 25.5 Å². The number of rotatable bonds is 5. The Morgan fingerprint density at radius 3 is 2.81 bits per heavy atom. The van der Waals surface area contributed by atoms with Crippen LogP contribution in [0.5, 0.6) is 0 Å². The van der Waals surface area contributed by atoms with Gasteiger partial charge in [0.15, 0.2) is 0 Å². The Balaban J connectivity index is 2.76. The van der Waals surface area contributed by atoms with E-state index in [2.05, 4.69) is 23.7 Å². The lowest BCUT2D eigenvalue weighted by Gasteiger charge is -2.26. The summed E-state index contributed by atoms with van der Waals surface area (Å²) in [6.45, 7) is 5.54. The van der Waals surface area contributed by atoms with Gasteiger partial charge in [-0.3, -0.25) is 9.88 Å². The average Bonchev–Trinajstić information content (AvgIpc) is 2.19. The number of nitrogens with zero attached hydrogens (tertiary/aromatic N) is 2. The summed E-state index contributed by atoms with van der Waals surface area (Å²) in [6, 6.07) is 2.28. The number of nitrogens with two attached hydrogens (primary N) is 1. The molecule has 88 valence electrons. The van der Waals surface area contributed by atoms with Crippen molar-refractivity contribution in [2.24, 2.45) is 5.73 Å². The topological polar surface area (TPSA) is 42.1 Å². The summed E-state index contributed by atoms with van der Waals surface area (Å²) in [5.41, 5.74) is 6.61. The normalized spacial score (nSPS) is 11.1. The summed E-state index contributed by atoms with van der Waals surface area (Å²) in [5.74, 6) is 0. The second-order valence-electron chi connectivity index (χ2n) is 3.93. The van der Waals surface area contributed by atoms with E-state index in [1.54, 1.807) is 12.4 Å². The lowest BCUT2D eigenvalue weighted by atomic mass is 10.2. The standard InChI is InChI=1S/C11H16ClN3S/c1-8(2)15(7-11(13)16)6-9-3-4-14-5-10(9)12/h3-5,8H,6-7H2,1-2H3,(H2,13,16). The van der Waals surface area contributed by atoms with Crippen LogP contribution in [0.25, 0.3) is 0 Å². The zero-order chi connectivity index (χ0) is 12.1. The van der Waals surface area contributed by atoms with Gasteiger partial charge in [-0.1, -0.05) is 23.8 Å². The molecule has 0 unspecified atom stereocenters. The summed E-state index contributed by atoms with van der Waals surface area (Å²) in [7, 11) is 0. The Bertz CT molecular complexity index is 368. The maximum Gasteiger partial charge on any atom is 0.0870 e. The molecule has 2 N–H and O–H groups in total. The molecule has 16 heavy (non-hydrogen) atoms. The van der Waals surface area contributed by atoms with E-state index in [9.17, 15) is 0 Å². The Morgan fingerprint density at radius 2 is 2.31 bits per heavy atom. The van der Waals surface area contributed by atoms with E-state index < -0.39 is 0 Å². The van der Waals surface area contributed by atoms with Crippen molar-refractivity contribution in [2.45, 2.75) is 26.4 Å². The molecule has 0 saturated carbocycles. The van der Waals surface area contributed by atoms with Gasteiger partial charge in [0.2, 0.25) is 0 Å². The molecule has 0 fully saturated rings. The van der Waals surface area contributed by atoms with Crippen LogP contribution in [0.1, 0.15) is 19.4 Å². The van der Waals surface area contributed by atoms with E-state index >= 15 is 0 Å². The van der Waals surface area contributed by atoms with Gasteiger partial charge in [-0.2, -0.15) is 0 Å². The summed E-state index contributed by atoms with van der Waals surface area (Å²) >= 11 is 11.0. The Morgan fingerprint density at radius 1 is 1.62 bits per heavy atom. The van der Waals surface area contributed by atoms with Gasteiger partial charge < -0.3 is 5.73 Å². The molecule has 0 spiro atoms. The van der Waals surface area contributed by atoms with Crippen LogP contribution in [0.2, 0.25) is 5.02 Å². The molecule has 1 rings (SSSR count). The number of pyridine rings is 1. The quantitative estimate of drug-likeness (QED) is 0.822. The Kier molecular flexibility index (Phi) is 5.12. The maximum absolute atomic E-state index is 6.06. The van der Waals surface area contributed by atoms with Gasteiger partial charge in [0.1, 0.15) is 0 Å². The highest BCUT2D eigenvalue weighted by atomic mass is 35.5. The zero-order valence-corrected chi connectivity index (χ0v) is 11.1. The van der Waals surface area contributed by atoms with Crippen molar-refractivity contribution in [3.63, 3.8) is 0 Å². The maximum atomic E-state index is 6.06. The molecule has 0 atom stereocenters. The minimum atomic E-state index is 0.366. The van der Waals surface area contributed by atoms with Crippen molar-refractivity contribution >= 4 is 28.8 Å². The smallest absolute Gasteiger partial charge is 0.0870 e. The molecule has 3 nitrogen and oxygen atoms in total. The largest absolute Gasteiger partial charge is 0.392 e.